The molecule has 20 heavy (non-hydrogen) atoms. The van der Waals surface area contributed by atoms with E-state index in [9.17, 15) is 0 Å². The minimum Gasteiger partial charge on any atom is -0.310 e. The maximum absolute atomic E-state index is 6.02. The van der Waals surface area contributed by atoms with Gasteiger partial charge in [-0.15, -0.1) is 11.6 Å². The number of fused-ring (bicyclic) bond motifs is 1. The molecule has 0 unspecified atom stereocenters. The fraction of sp³-hybridized carbons (Fsp3) is 0.571. The van der Waals surface area contributed by atoms with Crippen molar-refractivity contribution in [3.8, 4) is 0 Å². The highest BCUT2D eigenvalue weighted by Gasteiger charge is 2.12. The van der Waals surface area contributed by atoms with Crippen LogP contribution in [-0.2, 0) is 12.4 Å². The first kappa shape index (κ1) is 15.7. The number of aromatic nitrogens is 3. The molecule has 0 aliphatic heterocycles. The highest BCUT2D eigenvalue weighted by atomic mass is 79.9. The second-order valence-corrected chi connectivity index (χ2v) is 5.93. The number of alkyl halides is 1. The lowest BCUT2D eigenvalue weighted by molar-refractivity contribution is 0.277. The lowest BCUT2D eigenvalue weighted by Crippen LogP contribution is -2.28. The number of pyridine rings is 1. The van der Waals surface area contributed by atoms with Crippen molar-refractivity contribution in [1.29, 1.82) is 0 Å². The molecular weight excluding hydrogens is 340 g/mol. The van der Waals surface area contributed by atoms with E-state index in [1.807, 2.05) is 12.3 Å². The molecule has 0 aliphatic rings. The molecule has 4 nitrogen and oxygen atoms in total. The summed E-state index contributed by atoms with van der Waals surface area (Å²) in [6.07, 6.45) is 2.98. The van der Waals surface area contributed by atoms with Crippen molar-refractivity contribution in [2.24, 2.45) is 0 Å². The predicted octanol–water partition coefficient (Wildman–Crippen LogP) is 3.66. The quantitative estimate of drug-likeness (QED) is 0.707. The molecule has 0 amide bonds. The first-order valence-electron chi connectivity index (χ1n) is 6.98. The Morgan fingerprint density at radius 1 is 1.35 bits per heavy atom. The van der Waals surface area contributed by atoms with Gasteiger partial charge in [-0.05, 0) is 41.5 Å². The van der Waals surface area contributed by atoms with E-state index in [-0.39, 0.29) is 0 Å². The van der Waals surface area contributed by atoms with Crippen molar-refractivity contribution in [1.82, 2.24) is 19.4 Å². The van der Waals surface area contributed by atoms with Gasteiger partial charge in [0.25, 0.3) is 0 Å². The van der Waals surface area contributed by atoms with Crippen molar-refractivity contribution >= 4 is 38.7 Å². The molecule has 0 aliphatic carbocycles. The van der Waals surface area contributed by atoms with Gasteiger partial charge in [0.05, 0.1) is 5.88 Å². The van der Waals surface area contributed by atoms with Crippen LogP contribution in [0.1, 0.15) is 26.1 Å². The van der Waals surface area contributed by atoms with Crippen molar-refractivity contribution in [3.05, 3.63) is 22.6 Å². The molecule has 0 radical (unpaired) electrons. The smallest absolute Gasteiger partial charge is 0.160 e. The minimum atomic E-state index is 0.411. The Morgan fingerprint density at radius 2 is 2.15 bits per heavy atom. The first-order valence-corrected chi connectivity index (χ1v) is 8.31. The largest absolute Gasteiger partial charge is 0.310 e. The Morgan fingerprint density at radius 3 is 2.80 bits per heavy atom. The van der Waals surface area contributed by atoms with Crippen LogP contribution in [0.25, 0.3) is 11.2 Å². The fourth-order valence-electron chi connectivity index (χ4n) is 2.36. The molecule has 0 saturated heterocycles. The molecule has 2 aromatic heterocycles. The second-order valence-electron chi connectivity index (χ2n) is 4.74. The lowest BCUT2D eigenvalue weighted by atomic mass is 10.4. The summed E-state index contributed by atoms with van der Waals surface area (Å²) in [5.41, 5.74) is 1.81. The van der Waals surface area contributed by atoms with E-state index in [0.717, 1.165) is 47.6 Å². The van der Waals surface area contributed by atoms with E-state index in [2.05, 4.69) is 49.2 Å². The lowest BCUT2D eigenvalue weighted by Gasteiger charge is -2.20. The third kappa shape index (κ3) is 3.51. The molecule has 6 heteroatoms. The van der Waals surface area contributed by atoms with Gasteiger partial charge in [0.1, 0.15) is 11.3 Å². The Bertz CT molecular complexity index is 570. The van der Waals surface area contributed by atoms with Crippen LogP contribution in [0.15, 0.2) is 16.7 Å². The summed E-state index contributed by atoms with van der Waals surface area (Å²) in [5, 5.41) is 0. The van der Waals surface area contributed by atoms with Crippen molar-refractivity contribution in [3.63, 3.8) is 0 Å². The molecule has 2 heterocycles. The molecule has 0 N–H and O–H groups in total. The number of halogens is 2. The number of rotatable bonds is 7. The monoisotopic (exact) mass is 358 g/mol. The third-order valence-corrected chi connectivity index (χ3v) is 4.05. The number of hydrogen-bond acceptors (Lipinski definition) is 3. The van der Waals surface area contributed by atoms with Crippen LogP contribution in [0, 0.1) is 0 Å². The fourth-order valence-corrected chi connectivity index (χ4v) is 2.88. The van der Waals surface area contributed by atoms with Crippen LogP contribution in [0.5, 0.6) is 0 Å². The minimum absolute atomic E-state index is 0.411. The number of imidazole rings is 1. The maximum atomic E-state index is 6.02. The Labute approximate surface area is 133 Å². The summed E-state index contributed by atoms with van der Waals surface area (Å²) in [4.78, 5) is 11.5. The van der Waals surface area contributed by atoms with Crippen LogP contribution in [-0.4, -0.2) is 39.1 Å². The van der Waals surface area contributed by atoms with E-state index in [0.29, 0.717) is 5.88 Å². The summed E-state index contributed by atoms with van der Waals surface area (Å²) >= 11 is 9.45. The Balaban J connectivity index is 2.23. The van der Waals surface area contributed by atoms with E-state index in [4.69, 9.17) is 11.6 Å². The number of nitrogens with zero attached hydrogens (tertiary/aromatic N) is 4. The van der Waals surface area contributed by atoms with Crippen molar-refractivity contribution in [2.75, 3.05) is 19.6 Å². The predicted molar refractivity (Wildman–Crippen MR) is 87.2 cm³/mol. The van der Waals surface area contributed by atoms with E-state index < -0.39 is 0 Å². The molecule has 0 spiro atoms. The zero-order valence-corrected chi connectivity index (χ0v) is 14.3. The molecule has 2 aromatic rings. The van der Waals surface area contributed by atoms with Crippen LogP contribution in [0.2, 0.25) is 0 Å². The van der Waals surface area contributed by atoms with Crippen molar-refractivity contribution in [2.45, 2.75) is 32.7 Å². The van der Waals surface area contributed by atoms with Gasteiger partial charge < -0.3 is 9.47 Å². The van der Waals surface area contributed by atoms with Crippen LogP contribution in [0.4, 0.5) is 0 Å². The molecule has 0 atom stereocenters. The standard InChI is InChI=1S/C14H20BrClN4/c1-3-5-19(4-2)6-7-20-13(9-16)18-12-8-11(15)10-17-14(12)20/h8,10H,3-7,9H2,1-2H3. The summed E-state index contributed by atoms with van der Waals surface area (Å²) in [6, 6.07) is 1.98. The normalized spacial score (nSPS) is 11.7. The van der Waals surface area contributed by atoms with Gasteiger partial charge in [-0.3, -0.25) is 0 Å². The van der Waals surface area contributed by atoms with Gasteiger partial charge in [-0.25, -0.2) is 9.97 Å². The average molecular weight is 360 g/mol. The molecule has 0 bridgehead atoms. The molecule has 110 valence electrons. The summed E-state index contributed by atoms with van der Waals surface area (Å²) in [5.74, 6) is 1.30. The van der Waals surface area contributed by atoms with Crippen LogP contribution < -0.4 is 0 Å². The van der Waals surface area contributed by atoms with Gasteiger partial charge in [-0.1, -0.05) is 13.8 Å². The summed E-state index contributed by atoms with van der Waals surface area (Å²) in [7, 11) is 0. The topological polar surface area (TPSA) is 34.0 Å². The average Bonchev–Trinajstić information content (AvgIpc) is 2.80. The van der Waals surface area contributed by atoms with Crippen molar-refractivity contribution < 1.29 is 0 Å². The Kier molecular flexibility index (Phi) is 5.81. The number of hydrogen-bond donors (Lipinski definition) is 0. The van der Waals surface area contributed by atoms with Gasteiger partial charge in [0.2, 0.25) is 0 Å². The SMILES string of the molecule is CCCN(CC)CCn1c(CCl)nc2cc(Br)cnc21. The summed E-state index contributed by atoms with van der Waals surface area (Å²) in [6.45, 7) is 8.46. The maximum Gasteiger partial charge on any atom is 0.160 e. The third-order valence-electron chi connectivity index (χ3n) is 3.38. The van der Waals surface area contributed by atoms with E-state index in [1.165, 1.54) is 6.42 Å². The molecule has 0 fully saturated rings. The first-order chi connectivity index (χ1) is 9.69. The molecule has 0 saturated carbocycles. The van der Waals surface area contributed by atoms with Gasteiger partial charge >= 0.3 is 0 Å². The summed E-state index contributed by atoms with van der Waals surface area (Å²) < 4.78 is 3.07. The van der Waals surface area contributed by atoms with Crippen LogP contribution in [0.3, 0.4) is 0 Å². The Hall–Kier alpha value is -0.650. The van der Waals surface area contributed by atoms with Gasteiger partial charge in [0.15, 0.2) is 5.65 Å². The second kappa shape index (κ2) is 7.38. The van der Waals surface area contributed by atoms with Crippen LogP contribution >= 0.6 is 27.5 Å². The number of likely N-dealkylation sites (N-methyl/N-ethyl adjacent to an activating group) is 1. The van der Waals surface area contributed by atoms with E-state index >= 15 is 0 Å². The highest BCUT2D eigenvalue weighted by molar-refractivity contribution is 9.10. The zero-order chi connectivity index (χ0) is 14.5. The highest BCUT2D eigenvalue weighted by Crippen LogP contribution is 2.19. The van der Waals surface area contributed by atoms with Gasteiger partial charge in [-0.2, -0.15) is 0 Å². The van der Waals surface area contributed by atoms with Gasteiger partial charge in [0, 0.05) is 23.8 Å². The molecule has 0 aromatic carbocycles. The zero-order valence-electron chi connectivity index (χ0n) is 11.9. The molecule has 2 rings (SSSR count). The van der Waals surface area contributed by atoms with E-state index in [1.54, 1.807) is 0 Å². The molecular formula is C14H20BrClN4.